The van der Waals surface area contributed by atoms with Crippen LogP contribution in [0.2, 0.25) is 0 Å². The largest absolute Gasteiger partial charge is 0.319 e. The highest BCUT2D eigenvalue weighted by Gasteiger charge is 2.12. The predicted octanol–water partition coefficient (Wildman–Crippen LogP) is 3.75. The number of H-pyrrole nitrogens is 1. The number of rotatable bonds is 3. The van der Waals surface area contributed by atoms with Gasteiger partial charge < -0.3 is 4.98 Å². The van der Waals surface area contributed by atoms with Gasteiger partial charge in [0.25, 0.3) is 5.56 Å². The first-order valence-electron chi connectivity index (χ1n) is 8.02. The zero-order chi connectivity index (χ0) is 17.4. The van der Waals surface area contributed by atoms with Gasteiger partial charge in [-0.2, -0.15) is 5.10 Å². The van der Waals surface area contributed by atoms with Crippen LogP contribution in [0.25, 0.3) is 16.6 Å². The Morgan fingerprint density at radius 2 is 1.92 bits per heavy atom. The second-order valence-corrected chi connectivity index (χ2v) is 6.01. The minimum absolute atomic E-state index is 0.244. The van der Waals surface area contributed by atoms with Gasteiger partial charge in [0, 0.05) is 29.8 Å². The number of halogens is 1. The van der Waals surface area contributed by atoms with Crippen molar-refractivity contribution in [1.29, 1.82) is 0 Å². The van der Waals surface area contributed by atoms with E-state index in [0.717, 1.165) is 22.2 Å². The lowest BCUT2D eigenvalue weighted by atomic mass is 9.98. The molecule has 2 heterocycles. The van der Waals surface area contributed by atoms with Crippen LogP contribution in [0, 0.1) is 12.7 Å². The molecule has 0 saturated heterocycles. The van der Waals surface area contributed by atoms with Crippen molar-refractivity contribution in [3.05, 3.63) is 93.8 Å². The van der Waals surface area contributed by atoms with Crippen molar-refractivity contribution in [2.45, 2.75) is 13.3 Å². The molecule has 4 nitrogen and oxygen atoms in total. The third-order valence-corrected chi connectivity index (χ3v) is 4.47. The number of aromatic amines is 1. The fourth-order valence-electron chi connectivity index (χ4n) is 3.09. The molecule has 0 aliphatic heterocycles. The van der Waals surface area contributed by atoms with E-state index in [-0.39, 0.29) is 11.1 Å². The molecule has 0 bridgehead atoms. The lowest BCUT2D eigenvalue weighted by Gasteiger charge is -2.10. The Morgan fingerprint density at radius 1 is 1.12 bits per heavy atom. The van der Waals surface area contributed by atoms with E-state index in [2.05, 4.69) is 10.1 Å². The van der Waals surface area contributed by atoms with Gasteiger partial charge in [-0.3, -0.25) is 4.79 Å². The number of pyridine rings is 1. The summed E-state index contributed by atoms with van der Waals surface area (Å²) in [5, 5.41) is 4.94. The monoisotopic (exact) mass is 333 g/mol. The molecule has 0 unspecified atom stereocenters. The molecule has 1 N–H and O–H groups in total. The molecule has 0 radical (unpaired) electrons. The zero-order valence-corrected chi connectivity index (χ0v) is 13.7. The van der Waals surface area contributed by atoms with Crippen molar-refractivity contribution in [3.8, 4) is 5.69 Å². The summed E-state index contributed by atoms with van der Waals surface area (Å²) in [6.45, 7) is 1.87. The van der Waals surface area contributed by atoms with Crippen molar-refractivity contribution < 1.29 is 4.39 Å². The Hall–Kier alpha value is -3.21. The highest BCUT2D eigenvalue weighted by atomic mass is 19.1. The number of nitrogens with one attached hydrogen (secondary N) is 1. The number of benzene rings is 2. The van der Waals surface area contributed by atoms with Gasteiger partial charge >= 0.3 is 0 Å². The van der Waals surface area contributed by atoms with Crippen molar-refractivity contribution in [1.82, 2.24) is 14.8 Å². The van der Waals surface area contributed by atoms with Crippen LogP contribution in [-0.4, -0.2) is 14.8 Å². The maximum atomic E-state index is 13.9. The molecule has 5 heteroatoms. The number of aromatic nitrogens is 3. The van der Waals surface area contributed by atoms with Gasteiger partial charge in [-0.05, 0) is 42.3 Å². The molecular formula is C20H16FN3O. The minimum atomic E-state index is -0.409. The Bertz CT molecular complexity index is 1100. The summed E-state index contributed by atoms with van der Waals surface area (Å²) < 4.78 is 15.7. The molecule has 124 valence electrons. The third kappa shape index (κ3) is 2.74. The van der Waals surface area contributed by atoms with E-state index < -0.39 is 5.82 Å². The normalized spacial score (nSPS) is 11.1. The van der Waals surface area contributed by atoms with Crippen LogP contribution in [0.3, 0.4) is 0 Å². The summed E-state index contributed by atoms with van der Waals surface area (Å²) in [4.78, 5) is 15.1. The molecule has 4 aromatic rings. The Labute approximate surface area is 143 Å². The molecule has 0 saturated carbocycles. The summed E-state index contributed by atoms with van der Waals surface area (Å²) in [7, 11) is 0. The predicted molar refractivity (Wildman–Crippen MR) is 95.6 cm³/mol. The average Bonchev–Trinajstić information content (AvgIpc) is 3.15. The topological polar surface area (TPSA) is 50.7 Å². The third-order valence-electron chi connectivity index (χ3n) is 4.47. The van der Waals surface area contributed by atoms with Gasteiger partial charge in [-0.15, -0.1) is 0 Å². The van der Waals surface area contributed by atoms with E-state index >= 15 is 0 Å². The van der Waals surface area contributed by atoms with E-state index in [1.807, 2.05) is 49.5 Å². The molecule has 0 amide bonds. The maximum absolute atomic E-state index is 13.9. The second-order valence-electron chi connectivity index (χ2n) is 6.01. The molecule has 0 fully saturated rings. The number of para-hydroxylation sites is 1. The van der Waals surface area contributed by atoms with E-state index in [0.29, 0.717) is 12.0 Å². The van der Waals surface area contributed by atoms with Crippen LogP contribution in [0.1, 0.15) is 16.7 Å². The summed E-state index contributed by atoms with van der Waals surface area (Å²) >= 11 is 0. The van der Waals surface area contributed by atoms with Crippen LogP contribution in [-0.2, 0) is 6.42 Å². The van der Waals surface area contributed by atoms with Gasteiger partial charge in [-0.1, -0.05) is 24.3 Å². The van der Waals surface area contributed by atoms with Crippen LogP contribution >= 0.6 is 0 Å². The molecule has 2 aromatic heterocycles. The Balaban J connectivity index is 1.72. The van der Waals surface area contributed by atoms with Crippen molar-refractivity contribution in [2.75, 3.05) is 0 Å². The van der Waals surface area contributed by atoms with Gasteiger partial charge in [-0.25, -0.2) is 9.07 Å². The Morgan fingerprint density at radius 3 is 2.64 bits per heavy atom. The fraction of sp³-hybridized carbons (Fsp3) is 0.100. The van der Waals surface area contributed by atoms with Gasteiger partial charge in [0.15, 0.2) is 0 Å². The molecule has 25 heavy (non-hydrogen) atoms. The summed E-state index contributed by atoms with van der Waals surface area (Å²) in [6.07, 6.45) is 4.10. The fourth-order valence-corrected chi connectivity index (χ4v) is 3.09. The number of hydrogen-bond donors (Lipinski definition) is 1. The first kappa shape index (κ1) is 15.3. The SMILES string of the molecule is Cc1c(Cc2ccc(-n3cccn3)cc2)c(=O)[nH]c2c(F)cccc12. The van der Waals surface area contributed by atoms with E-state index in [4.69, 9.17) is 0 Å². The van der Waals surface area contributed by atoms with E-state index in [1.165, 1.54) is 6.07 Å². The second kappa shape index (κ2) is 6.02. The summed E-state index contributed by atoms with van der Waals surface area (Å²) in [5.74, 6) is -0.409. The standard InChI is InChI=1S/C20H16FN3O/c1-13-16-4-2-5-18(21)19(16)23-20(25)17(13)12-14-6-8-15(9-7-14)24-11-3-10-22-24/h2-11H,12H2,1H3,(H,23,25). The van der Waals surface area contributed by atoms with Gasteiger partial charge in [0.05, 0.1) is 11.2 Å². The minimum Gasteiger partial charge on any atom is -0.319 e. The van der Waals surface area contributed by atoms with Crippen LogP contribution in [0.5, 0.6) is 0 Å². The number of hydrogen-bond acceptors (Lipinski definition) is 2. The highest BCUT2D eigenvalue weighted by molar-refractivity contribution is 5.83. The van der Waals surface area contributed by atoms with Crippen LogP contribution in [0.15, 0.2) is 65.7 Å². The lowest BCUT2D eigenvalue weighted by molar-refractivity contribution is 0.636. The van der Waals surface area contributed by atoms with Crippen molar-refractivity contribution >= 4 is 10.9 Å². The molecule has 4 rings (SSSR count). The molecule has 0 aliphatic carbocycles. The maximum Gasteiger partial charge on any atom is 0.252 e. The Kier molecular flexibility index (Phi) is 3.69. The molecule has 2 aromatic carbocycles. The number of nitrogens with zero attached hydrogens (tertiary/aromatic N) is 2. The number of aryl methyl sites for hydroxylation is 1. The number of fused-ring (bicyclic) bond motifs is 1. The summed E-state index contributed by atoms with van der Waals surface area (Å²) in [5.41, 5.74) is 3.47. The van der Waals surface area contributed by atoms with E-state index in [9.17, 15) is 9.18 Å². The van der Waals surface area contributed by atoms with Gasteiger partial charge in [0.2, 0.25) is 0 Å². The van der Waals surface area contributed by atoms with Crippen molar-refractivity contribution in [3.63, 3.8) is 0 Å². The first-order valence-corrected chi connectivity index (χ1v) is 8.02. The zero-order valence-electron chi connectivity index (χ0n) is 13.7. The molecule has 0 aliphatic rings. The molecule has 0 spiro atoms. The lowest BCUT2D eigenvalue weighted by Crippen LogP contribution is -2.16. The van der Waals surface area contributed by atoms with E-state index in [1.54, 1.807) is 16.9 Å². The van der Waals surface area contributed by atoms with Crippen LogP contribution in [0.4, 0.5) is 4.39 Å². The molecular weight excluding hydrogens is 317 g/mol. The van der Waals surface area contributed by atoms with Gasteiger partial charge in [0.1, 0.15) is 5.82 Å². The van der Waals surface area contributed by atoms with Crippen molar-refractivity contribution in [2.24, 2.45) is 0 Å². The quantitative estimate of drug-likeness (QED) is 0.621. The highest BCUT2D eigenvalue weighted by Crippen LogP contribution is 2.21. The average molecular weight is 333 g/mol. The molecule has 0 atom stereocenters. The smallest absolute Gasteiger partial charge is 0.252 e. The summed E-state index contributed by atoms with van der Waals surface area (Å²) in [6, 6.07) is 14.6. The first-order chi connectivity index (χ1) is 12.1. The van der Waals surface area contributed by atoms with Crippen LogP contribution < -0.4 is 5.56 Å².